The summed E-state index contributed by atoms with van der Waals surface area (Å²) in [6.45, 7) is 4.44. The normalized spacial score (nSPS) is 14.7. The lowest BCUT2D eigenvalue weighted by Gasteiger charge is -2.46. The van der Waals surface area contributed by atoms with Crippen LogP contribution >= 0.6 is 0 Å². The number of para-hydroxylation sites is 4. The van der Waals surface area contributed by atoms with Gasteiger partial charge in [0.1, 0.15) is 0 Å². The van der Waals surface area contributed by atoms with Gasteiger partial charge in [0.15, 0.2) is 0 Å². The highest BCUT2D eigenvalue weighted by Gasteiger charge is 2.55. The van der Waals surface area contributed by atoms with Gasteiger partial charge in [-0.1, -0.05) is 218 Å². The minimum absolute atomic E-state index is 0.0782. The Morgan fingerprint density at radius 3 is 1.39 bits per heavy atom. The largest absolute Gasteiger partial charge is 0.311 e. The summed E-state index contributed by atoms with van der Waals surface area (Å²) >= 11 is 0. The Balaban J connectivity index is 1.02. The van der Waals surface area contributed by atoms with Crippen molar-refractivity contribution in [3.8, 4) is 44.5 Å². The van der Waals surface area contributed by atoms with Gasteiger partial charge in [-0.15, -0.1) is 0 Å². The Morgan fingerprint density at radius 1 is 0.329 bits per heavy atom. The van der Waals surface area contributed by atoms with Crippen molar-refractivity contribution in [3.05, 3.63) is 312 Å². The first kappa shape index (κ1) is 45.3. The molecule has 2 heterocycles. The lowest BCUT2D eigenvalue weighted by Crippen LogP contribution is -2.61. The third kappa shape index (κ3) is 6.49. The number of hydrogen-bond donors (Lipinski definition) is 0. The Kier molecular flexibility index (Phi) is 10.1. The predicted molar refractivity (Wildman–Crippen MR) is 332 cm³/mol. The van der Waals surface area contributed by atoms with Gasteiger partial charge in [0.25, 0.3) is 6.71 Å². The van der Waals surface area contributed by atoms with E-state index < -0.39 is 5.41 Å². The molecule has 2 aliphatic heterocycles. The van der Waals surface area contributed by atoms with Crippen molar-refractivity contribution in [3.63, 3.8) is 0 Å². The van der Waals surface area contributed by atoms with Crippen molar-refractivity contribution in [2.24, 2.45) is 0 Å². The summed E-state index contributed by atoms with van der Waals surface area (Å²) in [6, 6.07) is 104. The molecule has 0 radical (unpaired) electrons. The van der Waals surface area contributed by atoms with Gasteiger partial charge in [-0.2, -0.15) is 0 Å². The molecular formula is C75H52BN3. The van der Waals surface area contributed by atoms with Gasteiger partial charge in [0, 0.05) is 56.4 Å². The van der Waals surface area contributed by atoms with Crippen LogP contribution in [0.4, 0.5) is 51.2 Å². The van der Waals surface area contributed by atoms with Crippen LogP contribution in [0.25, 0.3) is 44.5 Å². The van der Waals surface area contributed by atoms with Gasteiger partial charge in [-0.3, -0.25) is 0 Å². The molecule has 0 bridgehead atoms. The Morgan fingerprint density at radius 2 is 0.785 bits per heavy atom. The van der Waals surface area contributed by atoms with E-state index in [1.807, 2.05) is 0 Å². The van der Waals surface area contributed by atoms with Crippen molar-refractivity contribution in [2.45, 2.75) is 19.3 Å². The minimum atomic E-state index is -0.635. The van der Waals surface area contributed by atoms with Crippen LogP contribution in [0.3, 0.4) is 0 Å². The second-order valence-corrected chi connectivity index (χ2v) is 21.6. The molecule has 16 rings (SSSR count). The fraction of sp³-hybridized carbons (Fsp3) is 0.0400. The minimum Gasteiger partial charge on any atom is -0.311 e. The van der Waals surface area contributed by atoms with Crippen LogP contribution in [0, 0.1) is 13.8 Å². The number of aryl methyl sites for hydroxylation is 2. The van der Waals surface area contributed by atoms with Gasteiger partial charge < -0.3 is 14.7 Å². The quantitative estimate of drug-likeness (QED) is 0.147. The summed E-state index contributed by atoms with van der Waals surface area (Å²) in [4.78, 5) is 7.71. The SMILES string of the molecule is Cc1ccc2c(c1)N(c1ccccc1-c1ccccc1)c1cc(C)cc3c1B2c1ccc2c(c1N3c1ccccc1-c1ccccc1)-c1ccccc1C21c2ccccc2-c2c(N(c3ccccc3)c3ccccc3)cccc21. The molecule has 0 N–H and O–H groups in total. The summed E-state index contributed by atoms with van der Waals surface area (Å²) in [5, 5.41) is 0. The topological polar surface area (TPSA) is 9.72 Å². The average molecular weight is 1010 g/mol. The molecule has 12 aromatic carbocycles. The number of hydrogen-bond acceptors (Lipinski definition) is 3. The lowest BCUT2D eigenvalue weighted by molar-refractivity contribution is 0.794. The molecule has 0 fully saturated rings. The van der Waals surface area contributed by atoms with Crippen molar-refractivity contribution in [2.75, 3.05) is 14.7 Å². The van der Waals surface area contributed by atoms with E-state index in [9.17, 15) is 0 Å². The second-order valence-electron chi connectivity index (χ2n) is 21.6. The van der Waals surface area contributed by atoms with Crippen LogP contribution < -0.4 is 31.1 Å². The number of fused-ring (bicyclic) bond motifs is 15. The molecule has 0 aromatic heterocycles. The van der Waals surface area contributed by atoms with E-state index in [1.54, 1.807) is 0 Å². The van der Waals surface area contributed by atoms with E-state index >= 15 is 0 Å². The molecule has 3 nitrogen and oxygen atoms in total. The molecule has 0 saturated heterocycles. The van der Waals surface area contributed by atoms with E-state index in [4.69, 9.17) is 0 Å². The smallest absolute Gasteiger partial charge is 0.252 e. The van der Waals surface area contributed by atoms with Gasteiger partial charge in [0.2, 0.25) is 0 Å². The van der Waals surface area contributed by atoms with E-state index in [0.29, 0.717) is 0 Å². The van der Waals surface area contributed by atoms with Crippen LogP contribution in [-0.2, 0) is 5.41 Å². The summed E-state index contributed by atoms with van der Waals surface area (Å²) < 4.78 is 0. The monoisotopic (exact) mass is 1010 g/mol. The summed E-state index contributed by atoms with van der Waals surface area (Å²) in [5.74, 6) is 0. The molecule has 1 unspecified atom stereocenters. The highest BCUT2D eigenvalue weighted by atomic mass is 15.2. The van der Waals surface area contributed by atoms with E-state index in [0.717, 1.165) is 28.4 Å². The maximum absolute atomic E-state index is 2.68. The first-order chi connectivity index (χ1) is 39.1. The van der Waals surface area contributed by atoms with Crippen LogP contribution in [0.5, 0.6) is 0 Å². The maximum atomic E-state index is 2.68. The third-order valence-electron chi connectivity index (χ3n) is 17.3. The first-order valence-corrected chi connectivity index (χ1v) is 27.6. The van der Waals surface area contributed by atoms with Crippen molar-refractivity contribution >= 4 is 74.3 Å². The number of benzene rings is 12. The number of rotatable bonds is 7. The average Bonchev–Trinajstić information content (AvgIpc) is 2.64. The molecule has 1 spiro atoms. The lowest BCUT2D eigenvalue weighted by atomic mass is 9.33. The second kappa shape index (κ2) is 17.6. The number of anilines is 9. The zero-order chi connectivity index (χ0) is 52.3. The Bertz CT molecular complexity index is 4380. The zero-order valence-corrected chi connectivity index (χ0v) is 44.0. The molecule has 4 aliphatic rings. The van der Waals surface area contributed by atoms with E-state index in [-0.39, 0.29) is 6.71 Å². The van der Waals surface area contributed by atoms with Crippen molar-refractivity contribution in [1.82, 2.24) is 0 Å². The van der Waals surface area contributed by atoms with E-state index in [2.05, 4.69) is 308 Å². The maximum Gasteiger partial charge on any atom is 0.252 e. The molecule has 0 saturated carbocycles. The fourth-order valence-corrected chi connectivity index (χ4v) is 14.3. The summed E-state index contributed by atoms with van der Waals surface area (Å²) in [7, 11) is 0. The molecule has 0 amide bonds. The highest BCUT2D eigenvalue weighted by Crippen LogP contribution is 2.67. The summed E-state index contributed by atoms with van der Waals surface area (Å²) in [6.07, 6.45) is 0. The molecule has 370 valence electrons. The molecule has 79 heavy (non-hydrogen) atoms. The predicted octanol–water partition coefficient (Wildman–Crippen LogP) is 17.5. The molecule has 12 aromatic rings. The molecular weight excluding hydrogens is 954 g/mol. The highest BCUT2D eigenvalue weighted by molar-refractivity contribution is 7.00. The molecule has 1 atom stereocenters. The van der Waals surface area contributed by atoms with Crippen LogP contribution in [-0.4, -0.2) is 6.71 Å². The Labute approximate surface area is 462 Å². The first-order valence-electron chi connectivity index (χ1n) is 27.6. The number of nitrogens with zero attached hydrogens (tertiary/aromatic N) is 3. The fourth-order valence-electron chi connectivity index (χ4n) is 14.3. The molecule has 2 aliphatic carbocycles. The van der Waals surface area contributed by atoms with Gasteiger partial charge in [-0.25, -0.2) is 0 Å². The zero-order valence-electron chi connectivity index (χ0n) is 44.0. The summed E-state index contributed by atoms with van der Waals surface area (Å²) in [5.41, 5.74) is 31.3. The van der Waals surface area contributed by atoms with Crippen molar-refractivity contribution in [1.29, 1.82) is 0 Å². The molecule has 4 heteroatoms. The Hall–Kier alpha value is -9.90. The van der Waals surface area contributed by atoms with Crippen LogP contribution in [0.15, 0.2) is 279 Å². The van der Waals surface area contributed by atoms with Gasteiger partial charge in [-0.05, 0) is 147 Å². The van der Waals surface area contributed by atoms with Crippen LogP contribution in [0.1, 0.15) is 33.4 Å². The van der Waals surface area contributed by atoms with Crippen LogP contribution in [0.2, 0.25) is 0 Å². The standard InChI is InChI=1S/C75H52BN3/c1-49-42-44-63-68(46-49)78(65-39-21-17-32-55(65)51-24-7-3-8-25-51)69-47-50(2)48-70-73(69)76(63)64-45-43-62-72(74(64)79(70)66-40-22-18-33-56(66)52-26-9-4-10-27-52)58-35-16-20-37-60(58)75(62)59-36-19-15-34-57(59)71-61(75)38-23-41-67(71)77(53-28-11-5-12-29-53)54-30-13-6-14-31-54/h3-48H,1-2H3. The van der Waals surface area contributed by atoms with Gasteiger partial charge >= 0.3 is 0 Å². The van der Waals surface area contributed by atoms with Crippen molar-refractivity contribution < 1.29 is 0 Å². The van der Waals surface area contributed by atoms with E-state index in [1.165, 1.54) is 117 Å². The van der Waals surface area contributed by atoms with Gasteiger partial charge in [0.05, 0.1) is 22.5 Å². The third-order valence-corrected chi connectivity index (χ3v) is 17.3.